The zero-order valence-electron chi connectivity index (χ0n) is 12.5. The summed E-state index contributed by atoms with van der Waals surface area (Å²) in [6, 6.07) is 0.437. The third-order valence-electron chi connectivity index (χ3n) is 2.37. The number of carbonyl (C=O) groups is 1. The number of likely N-dealkylation sites (N-methyl/N-ethyl adjacent to an activating group) is 1. The second-order valence-electron chi connectivity index (χ2n) is 4.73. The van der Waals surface area contributed by atoms with Crippen molar-refractivity contribution in [2.75, 3.05) is 38.8 Å². The highest BCUT2D eigenvalue weighted by molar-refractivity contribution is 5.80. The van der Waals surface area contributed by atoms with Crippen molar-refractivity contribution in [2.24, 2.45) is 0 Å². The van der Waals surface area contributed by atoms with Gasteiger partial charge in [-0.2, -0.15) is 0 Å². The molecule has 1 aromatic heterocycles. The second-order valence-corrected chi connectivity index (χ2v) is 4.73. The van der Waals surface area contributed by atoms with E-state index in [0.717, 1.165) is 0 Å². The van der Waals surface area contributed by atoms with Gasteiger partial charge in [0.15, 0.2) is 0 Å². The molecule has 1 rings (SSSR count). The molecule has 1 amide bonds. The summed E-state index contributed by atoms with van der Waals surface area (Å²) in [6.45, 7) is 5.80. The third kappa shape index (κ3) is 5.98. The molecule has 0 aromatic carbocycles. The molecular formula is C12H23N5O3. The van der Waals surface area contributed by atoms with Gasteiger partial charge in [-0.05, 0) is 13.8 Å². The topological polar surface area (TPSA) is 92.5 Å². The lowest BCUT2D eigenvalue weighted by Gasteiger charge is -2.14. The van der Waals surface area contributed by atoms with Crippen LogP contribution in [0.25, 0.3) is 0 Å². The van der Waals surface area contributed by atoms with Crippen molar-refractivity contribution >= 4 is 11.9 Å². The summed E-state index contributed by atoms with van der Waals surface area (Å²) >= 11 is 0. The van der Waals surface area contributed by atoms with Gasteiger partial charge in [0.25, 0.3) is 0 Å². The second kappa shape index (κ2) is 8.49. The summed E-state index contributed by atoms with van der Waals surface area (Å²) < 4.78 is 10.4. The van der Waals surface area contributed by atoms with E-state index in [0.29, 0.717) is 31.6 Å². The molecule has 8 nitrogen and oxygen atoms in total. The van der Waals surface area contributed by atoms with E-state index in [2.05, 4.69) is 20.8 Å². The maximum Gasteiger partial charge on any atom is 0.318 e. The minimum atomic E-state index is -0.0829. The lowest BCUT2D eigenvalue weighted by Crippen LogP contribution is -2.38. The zero-order chi connectivity index (χ0) is 15.0. The Morgan fingerprint density at radius 1 is 1.45 bits per heavy atom. The minimum absolute atomic E-state index is 0.0829. The van der Waals surface area contributed by atoms with E-state index in [1.54, 1.807) is 19.1 Å². The molecule has 0 spiro atoms. The highest BCUT2D eigenvalue weighted by Gasteiger charge is 2.14. The van der Waals surface area contributed by atoms with E-state index in [9.17, 15) is 4.79 Å². The van der Waals surface area contributed by atoms with Crippen molar-refractivity contribution in [1.82, 2.24) is 20.8 Å². The third-order valence-corrected chi connectivity index (χ3v) is 2.37. The van der Waals surface area contributed by atoms with Gasteiger partial charge in [-0.15, -0.1) is 5.10 Å². The van der Waals surface area contributed by atoms with Crippen LogP contribution in [0.5, 0.6) is 0 Å². The Morgan fingerprint density at radius 3 is 2.85 bits per heavy atom. The SMILES string of the molecule is COCCNCc1nnc(N(C)CC(=O)NC(C)C)o1. The van der Waals surface area contributed by atoms with E-state index in [-0.39, 0.29) is 18.5 Å². The Hall–Kier alpha value is -1.67. The van der Waals surface area contributed by atoms with Gasteiger partial charge < -0.3 is 24.7 Å². The molecule has 0 bridgehead atoms. The molecule has 0 unspecified atom stereocenters. The average Bonchev–Trinajstić information content (AvgIpc) is 2.82. The molecule has 0 fully saturated rings. The lowest BCUT2D eigenvalue weighted by molar-refractivity contribution is -0.120. The van der Waals surface area contributed by atoms with Gasteiger partial charge in [0, 0.05) is 26.7 Å². The number of hydrogen-bond donors (Lipinski definition) is 2. The predicted molar refractivity (Wildman–Crippen MR) is 74.4 cm³/mol. The van der Waals surface area contributed by atoms with Gasteiger partial charge in [-0.25, -0.2) is 0 Å². The first-order valence-electron chi connectivity index (χ1n) is 6.55. The fraction of sp³-hybridized carbons (Fsp3) is 0.750. The number of nitrogens with zero attached hydrogens (tertiary/aromatic N) is 3. The number of nitrogens with one attached hydrogen (secondary N) is 2. The number of ether oxygens (including phenoxy) is 1. The standard InChI is InChI=1S/C12H23N5O3/c1-9(2)14-10(18)8-17(3)12-16-15-11(20-12)7-13-5-6-19-4/h9,13H,5-8H2,1-4H3,(H,14,18). The van der Waals surface area contributed by atoms with Crippen LogP contribution in [0, 0.1) is 0 Å². The molecule has 8 heteroatoms. The van der Waals surface area contributed by atoms with Crippen LogP contribution in [0.3, 0.4) is 0 Å². The quantitative estimate of drug-likeness (QED) is 0.605. The van der Waals surface area contributed by atoms with Crippen LogP contribution in [0.1, 0.15) is 19.7 Å². The molecule has 114 valence electrons. The maximum absolute atomic E-state index is 11.6. The Kier molecular flexibility index (Phi) is 6.96. The summed E-state index contributed by atoms with van der Waals surface area (Å²) in [5.41, 5.74) is 0. The minimum Gasteiger partial charge on any atom is -0.407 e. The van der Waals surface area contributed by atoms with Gasteiger partial charge in [0.05, 0.1) is 13.2 Å². The van der Waals surface area contributed by atoms with Crippen LogP contribution < -0.4 is 15.5 Å². The van der Waals surface area contributed by atoms with Crippen molar-refractivity contribution in [2.45, 2.75) is 26.4 Å². The average molecular weight is 285 g/mol. The summed E-state index contributed by atoms with van der Waals surface area (Å²) in [5, 5.41) is 13.7. The van der Waals surface area contributed by atoms with Crippen LogP contribution in [-0.2, 0) is 16.1 Å². The summed E-state index contributed by atoms with van der Waals surface area (Å²) in [7, 11) is 3.37. The summed E-state index contributed by atoms with van der Waals surface area (Å²) in [6.07, 6.45) is 0. The molecule has 0 aliphatic carbocycles. The van der Waals surface area contributed by atoms with Crippen LogP contribution in [0.15, 0.2) is 4.42 Å². The Balaban J connectivity index is 2.39. The number of rotatable bonds is 9. The Labute approximate surface area is 118 Å². The van der Waals surface area contributed by atoms with Gasteiger partial charge in [0.2, 0.25) is 11.8 Å². The van der Waals surface area contributed by atoms with E-state index in [1.165, 1.54) is 0 Å². The van der Waals surface area contributed by atoms with Crippen LogP contribution in [-0.4, -0.2) is 56.0 Å². The van der Waals surface area contributed by atoms with E-state index >= 15 is 0 Å². The van der Waals surface area contributed by atoms with Crippen molar-refractivity contribution in [1.29, 1.82) is 0 Å². The van der Waals surface area contributed by atoms with Crippen molar-refractivity contribution in [3.8, 4) is 0 Å². The van der Waals surface area contributed by atoms with Gasteiger partial charge in [-0.1, -0.05) is 5.10 Å². The number of carbonyl (C=O) groups excluding carboxylic acids is 1. The predicted octanol–water partition coefficient (Wildman–Crippen LogP) is -0.234. The molecule has 2 N–H and O–H groups in total. The monoisotopic (exact) mass is 285 g/mol. The van der Waals surface area contributed by atoms with E-state index in [4.69, 9.17) is 9.15 Å². The lowest BCUT2D eigenvalue weighted by atomic mass is 10.4. The Morgan fingerprint density at radius 2 is 2.20 bits per heavy atom. The number of aromatic nitrogens is 2. The number of amides is 1. The molecule has 0 atom stereocenters. The van der Waals surface area contributed by atoms with Crippen molar-refractivity contribution in [3.05, 3.63) is 5.89 Å². The van der Waals surface area contributed by atoms with Crippen LogP contribution in [0.2, 0.25) is 0 Å². The summed E-state index contributed by atoms with van der Waals surface area (Å²) in [4.78, 5) is 13.2. The van der Waals surface area contributed by atoms with Gasteiger partial charge >= 0.3 is 6.01 Å². The molecule has 0 saturated heterocycles. The van der Waals surface area contributed by atoms with E-state index in [1.807, 2.05) is 13.8 Å². The smallest absolute Gasteiger partial charge is 0.318 e. The zero-order valence-corrected chi connectivity index (χ0v) is 12.5. The molecule has 0 radical (unpaired) electrons. The van der Waals surface area contributed by atoms with Gasteiger partial charge in [-0.3, -0.25) is 4.79 Å². The molecule has 0 aliphatic heterocycles. The van der Waals surface area contributed by atoms with Crippen molar-refractivity contribution in [3.63, 3.8) is 0 Å². The number of hydrogen-bond acceptors (Lipinski definition) is 7. The molecule has 20 heavy (non-hydrogen) atoms. The molecular weight excluding hydrogens is 262 g/mol. The largest absolute Gasteiger partial charge is 0.407 e. The fourth-order valence-corrected chi connectivity index (χ4v) is 1.49. The van der Waals surface area contributed by atoms with Crippen LogP contribution >= 0.6 is 0 Å². The molecule has 0 aliphatic rings. The number of anilines is 1. The molecule has 1 heterocycles. The first kappa shape index (κ1) is 16.4. The Bertz CT molecular complexity index is 408. The maximum atomic E-state index is 11.6. The fourth-order valence-electron chi connectivity index (χ4n) is 1.49. The first-order valence-corrected chi connectivity index (χ1v) is 6.55. The number of methoxy groups -OCH3 is 1. The molecule has 0 saturated carbocycles. The van der Waals surface area contributed by atoms with E-state index < -0.39 is 0 Å². The summed E-state index contributed by atoms with van der Waals surface area (Å²) in [5.74, 6) is 0.396. The highest BCUT2D eigenvalue weighted by atomic mass is 16.5. The van der Waals surface area contributed by atoms with Crippen LogP contribution in [0.4, 0.5) is 6.01 Å². The van der Waals surface area contributed by atoms with Crippen molar-refractivity contribution < 1.29 is 13.9 Å². The highest BCUT2D eigenvalue weighted by Crippen LogP contribution is 2.09. The normalized spacial score (nSPS) is 10.8. The van der Waals surface area contributed by atoms with Gasteiger partial charge in [0.1, 0.15) is 6.54 Å². The first-order chi connectivity index (χ1) is 9.52. The molecule has 1 aromatic rings.